The Bertz CT molecular complexity index is 1150. The lowest BCUT2D eigenvalue weighted by Gasteiger charge is -2.26. The molecule has 2 aromatic carbocycles. The number of carbonyl (C=O) groups is 1. The number of ether oxygens (including phenoxy) is 1. The molecular formula is C21H20FN3O4S. The van der Waals surface area contributed by atoms with Gasteiger partial charge in [-0.05, 0) is 42.8 Å². The lowest BCUT2D eigenvalue weighted by molar-refractivity contribution is -0.114. The molecule has 0 aliphatic carbocycles. The van der Waals surface area contributed by atoms with Crippen LogP contribution in [0.3, 0.4) is 0 Å². The number of benzene rings is 2. The van der Waals surface area contributed by atoms with Crippen molar-refractivity contribution in [2.24, 2.45) is 0 Å². The van der Waals surface area contributed by atoms with E-state index in [2.05, 4.69) is 10.3 Å². The van der Waals surface area contributed by atoms with Gasteiger partial charge in [-0.15, -0.1) is 0 Å². The molecule has 0 unspecified atom stereocenters. The van der Waals surface area contributed by atoms with E-state index in [0.717, 1.165) is 16.4 Å². The van der Waals surface area contributed by atoms with Gasteiger partial charge in [-0.25, -0.2) is 12.8 Å². The van der Waals surface area contributed by atoms with Gasteiger partial charge in [0, 0.05) is 12.3 Å². The minimum atomic E-state index is -4.39. The molecule has 0 saturated carbocycles. The van der Waals surface area contributed by atoms with E-state index in [0.29, 0.717) is 17.0 Å². The summed E-state index contributed by atoms with van der Waals surface area (Å²) in [4.78, 5) is 16.0. The maximum absolute atomic E-state index is 14.4. The maximum atomic E-state index is 14.4. The van der Waals surface area contributed by atoms with E-state index in [1.807, 2.05) is 0 Å². The Balaban J connectivity index is 2.05. The van der Waals surface area contributed by atoms with Crippen LogP contribution < -0.4 is 14.4 Å². The van der Waals surface area contributed by atoms with Crippen molar-refractivity contribution in [2.75, 3.05) is 23.3 Å². The van der Waals surface area contributed by atoms with Crippen molar-refractivity contribution in [3.8, 4) is 5.75 Å². The summed E-state index contributed by atoms with van der Waals surface area (Å²) in [6.07, 6.45) is 2.98. The molecule has 1 amide bonds. The number of aromatic nitrogens is 1. The van der Waals surface area contributed by atoms with Crippen LogP contribution in [0.1, 0.15) is 5.56 Å². The fourth-order valence-corrected chi connectivity index (χ4v) is 4.37. The predicted molar refractivity (Wildman–Crippen MR) is 112 cm³/mol. The molecule has 30 heavy (non-hydrogen) atoms. The molecule has 1 N–H and O–H groups in total. The molecule has 0 aliphatic heterocycles. The smallest absolute Gasteiger partial charge is 0.267 e. The van der Waals surface area contributed by atoms with Crippen LogP contribution in [0.15, 0.2) is 71.9 Å². The van der Waals surface area contributed by atoms with Gasteiger partial charge < -0.3 is 10.1 Å². The van der Waals surface area contributed by atoms with Crippen molar-refractivity contribution in [1.29, 1.82) is 0 Å². The number of sulfonamides is 1. The van der Waals surface area contributed by atoms with Crippen LogP contribution in [0.4, 0.5) is 15.8 Å². The summed E-state index contributed by atoms with van der Waals surface area (Å²) in [5, 5.41) is 2.60. The van der Waals surface area contributed by atoms with Crippen molar-refractivity contribution in [3.63, 3.8) is 0 Å². The number of halogens is 1. The van der Waals surface area contributed by atoms with E-state index in [1.165, 1.54) is 31.5 Å². The summed E-state index contributed by atoms with van der Waals surface area (Å²) >= 11 is 0. The van der Waals surface area contributed by atoms with Gasteiger partial charge in [0.25, 0.3) is 10.0 Å². The molecular weight excluding hydrogens is 409 g/mol. The quantitative estimate of drug-likeness (QED) is 0.622. The molecule has 3 rings (SSSR count). The first-order chi connectivity index (χ1) is 14.3. The Morgan fingerprint density at radius 1 is 1.17 bits per heavy atom. The van der Waals surface area contributed by atoms with Crippen molar-refractivity contribution >= 4 is 27.3 Å². The fraction of sp³-hybridized carbons (Fsp3) is 0.143. The second kappa shape index (κ2) is 8.91. The summed E-state index contributed by atoms with van der Waals surface area (Å²) < 4.78 is 47.1. The van der Waals surface area contributed by atoms with E-state index < -0.39 is 33.2 Å². The molecule has 0 atom stereocenters. The molecule has 1 aromatic heterocycles. The highest BCUT2D eigenvalue weighted by Gasteiger charge is 2.31. The minimum absolute atomic E-state index is 0.207. The van der Waals surface area contributed by atoms with Crippen LogP contribution in [0, 0.1) is 12.7 Å². The van der Waals surface area contributed by atoms with Gasteiger partial charge in [0.2, 0.25) is 5.91 Å². The van der Waals surface area contributed by atoms with Crippen molar-refractivity contribution in [2.45, 2.75) is 11.8 Å². The third kappa shape index (κ3) is 4.57. The third-order valence-corrected chi connectivity index (χ3v) is 6.12. The summed E-state index contributed by atoms with van der Waals surface area (Å²) in [6.45, 7) is 1.12. The first-order valence-electron chi connectivity index (χ1n) is 8.94. The zero-order chi connectivity index (χ0) is 21.7. The zero-order valence-electron chi connectivity index (χ0n) is 16.4. The van der Waals surface area contributed by atoms with Gasteiger partial charge in [0.1, 0.15) is 23.0 Å². The SMILES string of the molecule is COc1ccc(C)c(N(CC(=O)Nc2cccnc2)S(=O)(=O)c2ccccc2F)c1. The molecule has 0 spiro atoms. The molecule has 7 nitrogen and oxygen atoms in total. The molecule has 0 saturated heterocycles. The van der Waals surface area contributed by atoms with Gasteiger partial charge >= 0.3 is 0 Å². The second-order valence-corrected chi connectivity index (χ2v) is 8.22. The molecule has 0 bridgehead atoms. The van der Waals surface area contributed by atoms with E-state index in [4.69, 9.17) is 4.74 Å². The Hall–Kier alpha value is -3.46. The fourth-order valence-electron chi connectivity index (χ4n) is 2.82. The molecule has 0 fully saturated rings. The average molecular weight is 429 g/mol. The highest BCUT2D eigenvalue weighted by Crippen LogP contribution is 2.31. The van der Waals surface area contributed by atoms with E-state index in [1.54, 1.807) is 37.4 Å². The van der Waals surface area contributed by atoms with Crippen molar-refractivity contribution in [1.82, 2.24) is 4.98 Å². The van der Waals surface area contributed by atoms with E-state index >= 15 is 0 Å². The minimum Gasteiger partial charge on any atom is -0.497 e. The molecule has 1 heterocycles. The lowest BCUT2D eigenvalue weighted by Crippen LogP contribution is -2.39. The summed E-state index contributed by atoms with van der Waals surface area (Å²) in [5.41, 5.74) is 1.19. The average Bonchev–Trinajstić information content (AvgIpc) is 2.73. The highest BCUT2D eigenvalue weighted by atomic mass is 32.2. The number of carbonyl (C=O) groups excluding carboxylic acids is 1. The monoisotopic (exact) mass is 429 g/mol. The number of rotatable bonds is 7. The maximum Gasteiger partial charge on any atom is 0.267 e. The number of nitrogens with zero attached hydrogens (tertiary/aromatic N) is 2. The van der Waals surface area contributed by atoms with Gasteiger partial charge in [0.05, 0.1) is 24.7 Å². The van der Waals surface area contributed by atoms with Crippen LogP contribution in [0.2, 0.25) is 0 Å². The van der Waals surface area contributed by atoms with Gasteiger partial charge in [-0.2, -0.15) is 0 Å². The molecule has 0 aliphatic rings. The topological polar surface area (TPSA) is 88.6 Å². The molecule has 3 aromatic rings. The number of anilines is 2. The third-order valence-electron chi connectivity index (χ3n) is 4.32. The summed E-state index contributed by atoms with van der Waals surface area (Å²) in [5.74, 6) is -1.11. The van der Waals surface area contributed by atoms with Crippen LogP contribution in [0.25, 0.3) is 0 Å². The number of hydrogen-bond donors (Lipinski definition) is 1. The standard InChI is InChI=1S/C21H20FN3O4S/c1-15-9-10-17(29-2)12-19(15)25(14-21(26)24-16-6-5-11-23-13-16)30(27,28)20-8-4-3-7-18(20)22/h3-13H,14H2,1-2H3,(H,24,26). The molecule has 0 radical (unpaired) electrons. The number of nitrogens with one attached hydrogen (secondary N) is 1. The Morgan fingerprint density at radius 2 is 1.93 bits per heavy atom. The first kappa shape index (κ1) is 21.3. The van der Waals surface area contributed by atoms with Crippen LogP contribution in [-0.4, -0.2) is 33.0 Å². The zero-order valence-corrected chi connectivity index (χ0v) is 17.2. The second-order valence-electron chi connectivity index (χ2n) is 6.38. The Morgan fingerprint density at radius 3 is 2.60 bits per heavy atom. The normalized spacial score (nSPS) is 11.0. The van der Waals surface area contributed by atoms with Crippen molar-refractivity contribution < 1.29 is 22.3 Å². The van der Waals surface area contributed by atoms with Gasteiger partial charge in [-0.3, -0.25) is 14.1 Å². The number of amides is 1. The van der Waals surface area contributed by atoms with Crippen LogP contribution in [-0.2, 0) is 14.8 Å². The number of methoxy groups -OCH3 is 1. The van der Waals surface area contributed by atoms with Gasteiger partial charge in [-0.1, -0.05) is 18.2 Å². The Kier molecular flexibility index (Phi) is 6.31. The molecule has 9 heteroatoms. The summed E-state index contributed by atoms with van der Waals surface area (Å²) in [6, 6.07) is 13.1. The van der Waals surface area contributed by atoms with Crippen LogP contribution in [0.5, 0.6) is 5.75 Å². The van der Waals surface area contributed by atoms with Crippen LogP contribution >= 0.6 is 0 Å². The summed E-state index contributed by atoms with van der Waals surface area (Å²) in [7, 11) is -2.95. The number of pyridine rings is 1. The van der Waals surface area contributed by atoms with Gasteiger partial charge in [0.15, 0.2) is 0 Å². The van der Waals surface area contributed by atoms with Crippen molar-refractivity contribution in [3.05, 3.63) is 78.4 Å². The molecule has 156 valence electrons. The highest BCUT2D eigenvalue weighted by molar-refractivity contribution is 7.92. The number of aryl methyl sites for hydroxylation is 1. The Labute approximate surface area is 174 Å². The number of hydrogen-bond acceptors (Lipinski definition) is 5. The first-order valence-corrected chi connectivity index (χ1v) is 10.4. The van der Waals surface area contributed by atoms with E-state index in [-0.39, 0.29) is 5.69 Å². The van der Waals surface area contributed by atoms with E-state index in [9.17, 15) is 17.6 Å². The lowest BCUT2D eigenvalue weighted by atomic mass is 10.2. The predicted octanol–water partition coefficient (Wildman–Crippen LogP) is 3.37. The largest absolute Gasteiger partial charge is 0.497 e.